The minimum Gasteiger partial charge on any atom is -0.390 e. The van der Waals surface area contributed by atoms with E-state index in [0.29, 0.717) is 18.7 Å². The van der Waals surface area contributed by atoms with Crippen molar-refractivity contribution in [2.24, 2.45) is 7.05 Å². The van der Waals surface area contributed by atoms with Gasteiger partial charge in [0.05, 0.1) is 17.8 Å². The summed E-state index contributed by atoms with van der Waals surface area (Å²) in [5.74, 6) is -0.168. The lowest BCUT2D eigenvalue weighted by atomic mass is 9.95. The summed E-state index contributed by atoms with van der Waals surface area (Å²) in [6.07, 6.45) is 1.25. The molecule has 2 heterocycles. The van der Waals surface area contributed by atoms with Crippen LogP contribution in [0.1, 0.15) is 10.4 Å². The van der Waals surface area contributed by atoms with Gasteiger partial charge in [-0.15, -0.1) is 0 Å². The summed E-state index contributed by atoms with van der Waals surface area (Å²) < 4.78 is 1.86. The summed E-state index contributed by atoms with van der Waals surface area (Å²) in [6.45, 7) is 1.08. The van der Waals surface area contributed by atoms with Crippen molar-refractivity contribution in [2.45, 2.75) is 12.1 Å². The molecule has 1 amide bonds. The van der Waals surface area contributed by atoms with Gasteiger partial charge in [0, 0.05) is 37.5 Å². The number of aliphatic hydroxyl groups excluding tert-OH is 1. The third-order valence-electron chi connectivity index (χ3n) is 5.93. The summed E-state index contributed by atoms with van der Waals surface area (Å²) in [5.41, 5.74) is 4.98. The topological polar surface area (TPSA) is 79.2 Å². The molecule has 1 aliphatic rings. The Bertz CT molecular complexity index is 1260. The molecule has 0 saturated carbocycles. The second-order valence-electron chi connectivity index (χ2n) is 7.97. The van der Waals surface area contributed by atoms with Crippen molar-refractivity contribution in [1.29, 1.82) is 0 Å². The highest BCUT2D eigenvalue weighted by atomic mass is 16.3. The Hall–Kier alpha value is -3.48. The van der Waals surface area contributed by atoms with Crippen molar-refractivity contribution >= 4 is 16.7 Å². The highest BCUT2D eigenvalue weighted by molar-refractivity contribution is 6.03. The van der Waals surface area contributed by atoms with Gasteiger partial charge in [0.2, 0.25) is 0 Å². The molecule has 1 aromatic heterocycles. The smallest absolute Gasteiger partial charge is 0.251 e. The molecule has 3 N–H and O–H groups in total. The van der Waals surface area contributed by atoms with Gasteiger partial charge in [0.1, 0.15) is 0 Å². The van der Waals surface area contributed by atoms with Crippen molar-refractivity contribution in [3.63, 3.8) is 0 Å². The van der Waals surface area contributed by atoms with Crippen LogP contribution in [0.5, 0.6) is 0 Å². The lowest BCUT2D eigenvalue weighted by Crippen LogP contribution is -2.42. The number of benzene rings is 3. The second kappa shape index (κ2) is 7.98. The zero-order valence-electron chi connectivity index (χ0n) is 17.2. The number of nitrogens with one attached hydrogen (secondary N) is 2. The Labute approximate surface area is 180 Å². The lowest BCUT2D eigenvalue weighted by Gasteiger charge is -2.16. The maximum atomic E-state index is 12.7. The molecular weight excluding hydrogens is 388 g/mol. The van der Waals surface area contributed by atoms with E-state index in [-0.39, 0.29) is 11.9 Å². The normalized spacial score (nSPS) is 18.4. The van der Waals surface area contributed by atoms with E-state index in [4.69, 9.17) is 0 Å². The molecule has 1 fully saturated rings. The molecule has 4 aromatic rings. The molecule has 2 atom stereocenters. The summed E-state index contributed by atoms with van der Waals surface area (Å²) >= 11 is 0. The molecule has 6 nitrogen and oxygen atoms in total. The fourth-order valence-corrected chi connectivity index (χ4v) is 4.24. The molecule has 0 aliphatic carbocycles. The quantitative estimate of drug-likeness (QED) is 0.482. The highest BCUT2D eigenvalue weighted by Gasteiger charge is 2.26. The SMILES string of the molecule is Cn1nccc1-c1cccc(-c2cccc3cc(C(=O)N[C@@H]4CNC[C@H]4O)ccc23)c1. The van der Waals surface area contributed by atoms with Crippen molar-refractivity contribution < 1.29 is 9.90 Å². The monoisotopic (exact) mass is 412 g/mol. The van der Waals surface area contributed by atoms with Crippen LogP contribution in [-0.4, -0.2) is 46.0 Å². The Morgan fingerprint density at radius 3 is 2.68 bits per heavy atom. The Morgan fingerprint density at radius 2 is 1.90 bits per heavy atom. The number of rotatable bonds is 4. The van der Waals surface area contributed by atoms with Crippen LogP contribution in [-0.2, 0) is 7.05 Å². The number of aryl methyl sites for hydroxylation is 1. The minimum absolute atomic E-state index is 0.168. The maximum absolute atomic E-state index is 12.7. The van der Waals surface area contributed by atoms with Gasteiger partial charge < -0.3 is 15.7 Å². The number of carbonyl (C=O) groups is 1. The Kier molecular flexibility index (Phi) is 5.02. The summed E-state index contributed by atoms with van der Waals surface area (Å²) in [6, 6.07) is 22.0. The number of hydrogen-bond acceptors (Lipinski definition) is 4. The zero-order chi connectivity index (χ0) is 21.4. The van der Waals surface area contributed by atoms with E-state index in [9.17, 15) is 9.90 Å². The molecule has 3 aromatic carbocycles. The van der Waals surface area contributed by atoms with Crippen LogP contribution in [0, 0.1) is 0 Å². The highest BCUT2D eigenvalue weighted by Crippen LogP contribution is 2.32. The van der Waals surface area contributed by atoms with Gasteiger partial charge in [-0.05, 0) is 46.2 Å². The van der Waals surface area contributed by atoms with E-state index in [2.05, 4.69) is 46.1 Å². The predicted molar refractivity (Wildman–Crippen MR) is 122 cm³/mol. The zero-order valence-corrected chi connectivity index (χ0v) is 17.2. The molecule has 0 spiro atoms. The van der Waals surface area contributed by atoms with E-state index in [1.807, 2.05) is 48.1 Å². The third kappa shape index (κ3) is 3.71. The summed E-state index contributed by atoms with van der Waals surface area (Å²) in [5, 5.41) is 22.3. The van der Waals surface area contributed by atoms with Gasteiger partial charge in [-0.3, -0.25) is 9.48 Å². The molecular formula is C25H24N4O2. The Morgan fingerprint density at radius 1 is 1.06 bits per heavy atom. The number of aromatic nitrogens is 2. The first-order chi connectivity index (χ1) is 15.1. The number of fused-ring (bicyclic) bond motifs is 1. The van der Waals surface area contributed by atoms with E-state index in [1.54, 1.807) is 6.20 Å². The largest absolute Gasteiger partial charge is 0.390 e. The second-order valence-corrected chi connectivity index (χ2v) is 7.97. The molecule has 5 rings (SSSR count). The molecule has 0 bridgehead atoms. The first kappa shape index (κ1) is 19.5. The number of amides is 1. The van der Waals surface area contributed by atoms with Crippen LogP contribution in [0.15, 0.2) is 72.9 Å². The van der Waals surface area contributed by atoms with Crippen molar-refractivity contribution in [2.75, 3.05) is 13.1 Å². The van der Waals surface area contributed by atoms with Gasteiger partial charge in [-0.1, -0.05) is 42.5 Å². The standard InChI is InChI=1S/C25H24N4O2/c1-29-23(10-11-27-29)18-6-2-4-16(12-18)20-7-3-5-17-13-19(8-9-21(17)20)25(31)28-22-14-26-15-24(22)30/h2-13,22,24,26,30H,14-15H2,1H3,(H,28,31)/t22-,24-/m1/s1. The van der Waals surface area contributed by atoms with Crippen molar-refractivity contribution in [1.82, 2.24) is 20.4 Å². The van der Waals surface area contributed by atoms with Gasteiger partial charge in [0.25, 0.3) is 5.91 Å². The van der Waals surface area contributed by atoms with Crippen LogP contribution >= 0.6 is 0 Å². The minimum atomic E-state index is -0.553. The number of hydrogen-bond donors (Lipinski definition) is 3. The lowest BCUT2D eigenvalue weighted by molar-refractivity contribution is 0.0889. The van der Waals surface area contributed by atoms with E-state index >= 15 is 0 Å². The fraction of sp³-hybridized carbons (Fsp3) is 0.200. The number of aliphatic hydroxyl groups is 1. The van der Waals surface area contributed by atoms with E-state index < -0.39 is 6.10 Å². The van der Waals surface area contributed by atoms with Crippen LogP contribution in [0.3, 0.4) is 0 Å². The maximum Gasteiger partial charge on any atom is 0.251 e. The molecule has 1 saturated heterocycles. The molecule has 156 valence electrons. The summed E-state index contributed by atoms with van der Waals surface area (Å²) in [4.78, 5) is 12.7. The Balaban J connectivity index is 1.48. The average Bonchev–Trinajstić information content (AvgIpc) is 3.40. The van der Waals surface area contributed by atoms with Gasteiger partial charge in [-0.2, -0.15) is 5.10 Å². The van der Waals surface area contributed by atoms with Gasteiger partial charge in [-0.25, -0.2) is 0 Å². The third-order valence-corrected chi connectivity index (χ3v) is 5.93. The first-order valence-electron chi connectivity index (χ1n) is 10.4. The molecule has 6 heteroatoms. The van der Waals surface area contributed by atoms with Gasteiger partial charge >= 0.3 is 0 Å². The number of nitrogens with zero attached hydrogens (tertiary/aromatic N) is 2. The first-order valence-corrected chi connectivity index (χ1v) is 10.4. The molecule has 0 radical (unpaired) electrons. The predicted octanol–water partition coefficient (Wildman–Crippen LogP) is 2.97. The molecule has 31 heavy (non-hydrogen) atoms. The van der Waals surface area contributed by atoms with Crippen molar-refractivity contribution in [3.05, 3.63) is 78.5 Å². The van der Waals surface area contributed by atoms with Gasteiger partial charge in [0.15, 0.2) is 0 Å². The van der Waals surface area contributed by atoms with Crippen LogP contribution in [0.4, 0.5) is 0 Å². The van der Waals surface area contributed by atoms with Crippen LogP contribution in [0.2, 0.25) is 0 Å². The fourth-order valence-electron chi connectivity index (χ4n) is 4.24. The summed E-state index contributed by atoms with van der Waals surface area (Å²) in [7, 11) is 1.94. The van der Waals surface area contributed by atoms with E-state index in [1.165, 1.54) is 0 Å². The van der Waals surface area contributed by atoms with E-state index in [0.717, 1.165) is 33.2 Å². The number of carbonyl (C=O) groups excluding carboxylic acids is 1. The van der Waals surface area contributed by atoms with Crippen LogP contribution < -0.4 is 10.6 Å². The number of β-amino-alcohol motifs (C(OH)–C–C–N with tert-alkyl or cyclic N) is 1. The average molecular weight is 412 g/mol. The van der Waals surface area contributed by atoms with Crippen molar-refractivity contribution in [3.8, 4) is 22.4 Å². The van der Waals surface area contributed by atoms with Crippen LogP contribution in [0.25, 0.3) is 33.2 Å². The molecule has 1 aliphatic heterocycles. The molecule has 0 unspecified atom stereocenters.